The third kappa shape index (κ3) is 7.07. The van der Waals surface area contributed by atoms with Gasteiger partial charge in [-0.2, -0.15) is 0 Å². The lowest BCUT2D eigenvalue weighted by atomic mass is 9.81. The number of nitrogens with zero attached hydrogens (tertiary/aromatic N) is 4. The SMILES string of the molecule is CC1(C)c2cc(N(c3ccc(-c4ccccc4)cc3)c3cccc(-c4ncco4)c3)ccc2-c2c1cc(N(c1ccc(-c3ccccc3)cc1)c1cccc(-c3ncco3)c1)c1ccccc21. The molecule has 0 saturated heterocycles. The second kappa shape index (κ2) is 16.4. The topological polar surface area (TPSA) is 58.5 Å². The number of hydrogen-bond donors (Lipinski definition) is 0. The second-order valence-corrected chi connectivity index (χ2v) is 17.5. The maximum atomic E-state index is 5.81. The van der Waals surface area contributed by atoms with Gasteiger partial charge in [0, 0.05) is 50.4 Å². The Morgan fingerprint density at radius 2 is 0.836 bits per heavy atom. The number of benzene rings is 9. The van der Waals surface area contributed by atoms with Gasteiger partial charge in [0.2, 0.25) is 11.8 Å². The molecule has 2 heterocycles. The number of oxazole rings is 2. The monoisotopic (exact) mass is 864 g/mol. The van der Waals surface area contributed by atoms with Crippen LogP contribution in [0.4, 0.5) is 34.1 Å². The van der Waals surface area contributed by atoms with Gasteiger partial charge in [-0.15, -0.1) is 0 Å². The van der Waals surface area contributed by atoms with Crippen LogP contribution in [-0.2, 0) is 5.41 Å². The van der Waals surface area contributed by atoms with Gasteiger partial charge in [0.1, 0.15) is 12.5 Å². The second-order valence-electron chi connectivity index (χ2n) is 17.5. The minimum Gasteiger partial charge on any atom is -0.445 e. The van der Waals surface area contributed by atoms with Crippen LogP contribution >= 0.6 is 0 Å². The standard InChI is InChI=1S/C61H44N4O2/c1-61(2)55-39-51(64(49-19-11-17-45(37-49)59-62-33-35-66-59)47-27-23-43(24-28-47)41-13-5-3-6-14-41)31-32-54(55)58-53-22-10-9-21-52(53)57(40-56(58)61)65(50-20-12-18-46(38-50)60-63-34-36-67-60)48-29-25-44(26-30-48)42-15-7-4-8-16-42/h3-40H,1-2H3. The van der Waals surface area contributed by atoms with Crippen molar-refractivity contribution in [1.82, 2.24) is 9.97 Å². The van der Waals surface area contributed by atoms with E-state index in [1.165, 1.54) is 38.8 Å². The van der Waals surface area contributed by atoms with Crippen LogP contribution in [0.25, 0.3) is 67.1 Å². The van der Waals surface area contributed by atoms with Crippen LogP contribution in [0, 0.1) is 0 Å². The molecule has 0 N–H and O–H groups in total. The molecule has 6 nitrogen and oxygen atoms in total. The first kappa shape index (κ1) is 39.8. The average molecular weight is 865 g/mol. The molecule has 320 valence electrons. The Morgan fingerprint density at radius 1 is 0.373 bits per heavy atom. The molecule has 1 aliphatic rings. The van der Waals surface area contributed by atoms with Crippen molar-refractivity contribution in [2.45, 2.75) is 19.3 Å². The molecule has 0 unspecified atom stereocenters. The van der Waals surface area contributed by atoms with Crippen LogP contribution in [0.5, 0.6) is 0 Å². The first-order valence-electron chi connectivity index (χ1n) is 22.6. The van der Waals surface area contributed by atoms with Crippen molar-refractivity contribution in [3.63, 3.8) is 0 Å². The maximum absolute atomic E-state index is 5.81. The van der Waals surface area contributed by atoms with E-state index in [0.29, 0.717) is 11.8 Å². The molecule has 12 rings (SSSR count). The molecule has 11 aromatic rings. The molecule has 0 amide bonds. The van der Waals surface area contributed by atoms with E-state index in [0.717, 1.165) is 61.8 Å². The van der Waals surface area contributed by atoms with Crippen LogP contribution in [0.1, 0.15) is 25.0 Å². The van der Waals surface area contributed by atoms with Crippen molar-refractivity contribution in [3.05, 3.63) is 242 Å². The highest BCUT2D eigenvalue weighted by atomic mass is 16.3. The predicted octanol–water partition coefficient (Wildman–Crippen LogP) is 16.7. The molecule has 2 aromatic heterocycles. The fourth-order valence-electron chi connectivity index (χ4n) is 9.91. The quantitative estimate of drug-likeness (QED) is 0.136. The van der Waals surface area contributed by atoms with Gasteiger partial charge in [-0.1, -0.05) is 141 Å². The number of anilines is 6. The number of fused-ring (bicyclic) bond motifs is 5. The average Bonchev–Trinajstić information content (AvgIpc) is 4.18. The third-order valence-corrected chi connectivity index (χ3v) is 13.2. The minimum atomic E-state index is -0.370. The molecule has 67 heavy (non-hydrogen) atoms. The summed E-state index contributed by atoms with van der Waals surface area (Å²) in [5.41, 5.74) is 17.4. The van der Waals surface area contributed by atoms with E-state index in [-0.39, 0.29) is 5.41 Å². The van der Waals surface area contributed by atoms with Crippen molar-refractivity contribution in [2.75, 3.05) is 9.80 Å². The van der Waals surface area contributed by atoms with E-state index >= 15 is 0 Å². The zero-order chi connectivity index (χ0) is 44.9. The van der Waals surface area contributed by atoms with Crippen LogP contribution in [0.15, 0.2) is 240 Å². The predicted molar refractivity (Wildman–Crippen MR) is 273 cm³/mol. The van der Waals surface area contributed by atoms with Gasteiger partial charge < -0.3 is 18.6 Å². The van der Waals surface area contributed by atoms with Crippen LogP contribution < -0.4 is 9.80 Å². The lowest BCUT2D eigenvalue weighted by Gasteiger charge is -2.30. The third-order valence-electron chi connectivity index (χ3n) is 13.2. The number of hydrogen-bond acceptors (Lipinski definition) is 6. The summed E-state index contributed by atoms with van der Waals surface area (Å²) in [6.45, 7) is 4.73. The van der Waals surface area contributed by atoms with Gasteiger partial charge in [-0.05, 0) is 129 Å². The summed E-state index contributed by atoms with van der Waals surface area (Å²) in [6.07, 6.45) is 6.62. The number of aromatic nitrogens is 2. The molecule has 9 aromatic carbocycles. The fraction of sp³-hybridized carbons (Fsp3) is 0.0492. The molecule has 0 aliphatic heterocycles. The Balaban J connectivity index is 1.01. The highest BCUT2D eigenvalue weighted by Crippen LogP contribution is 2.56. The first-order valence-corrected chi connectivity index (χ1v) is 22.6. The summed E-state index contributed by atoms with van der Waals surface area (Å²) in [6, 6.07) is 74.0. The van der Waals surface area contributed by atoms with Crippen LogP contribution in [0.2, 0.25) is 0 Å². The van der Waals surface area contributed by atoms with Crippen molar-refractivity contribution >= 4 is 44.9 Å². The smallest absolute Gasteiger partial charge is 0.225 e. The lowest BCUT2D eigenvalue weighted by molar-refractivity contribution is 0.574. The van der Waals surface area contributed by atoms with E-state index < -0.39 is 0 Å². The van der Waals surface area contributed by atoms with E-state index in [4.69, 9.17) is 8.83 Å². The summed E-state index contributed by atoms with van der Waals surface area (Å²) < 4.78 is 11.6. The molecule has 0 atom stereocenters. The van der Waals surface area contributed by atoms with Gasteiger partial charge >= 0.3 is 0 Å². The fourth-order valence-corrected chi connectivity index (χ4v) is 9.91. The molecule has 0 fully saturated rings. The van der Waals surface area contributed by atoms with Gasteiger partial charge in [-0.25, -0.2) is 9.97 Å². The molecular formula is C61H44N4O2. The number of rotatable bonds is 10. The van der Waals surface area contributed by atoms with Gasteiger partial charge in [-0.3, -0.25) is 0 Å². The van der Waals surface area contributed by atoms with Crippen molar-refractivity contribution in [3.8, 4) is 56.3 Å². The maximum Gasteiger partial charge on any atom is 0.225 e. The summed E-state index contributed by atoms with van der Waals surface area (Å²) in [5, 5.41) is 2.36. The largest absolute Gasteiger partial charge is 0.445 e. The molecule has 0 saturated carbocycles. The molecule has 0 spiro atoms. The van der Waals surface area contributed by atoms with Crippen LogP contribution in [0.3, 0.4) is 0 Å². The van der Waals surface area contributed by atoms with E-state index in [2.05, 4.69) is 234 Å². The first-order chi connectivity index (χ1) is 33.0. The summed E-state index contributed by atoms with van der Waals surface area (Å²) in [7, 11) is 0. The molecular weight excluding hydrogens is 821 g/mol. The van der Waals surface area contributed by atoms with Gasteiger partial charge in [0.15, 0.2) is 0 Å². The zero-order valence-corrected chi connectivity index (χ0v) is 37.0. The highest BCUT2D eigenvalue weighted by molar-refractivity contribution is 6.10. The molecule has 0 radical (unpaired) electrons. The van der Waals surface area contributed by atoms with E-state index in [1.807, 2.05) is 6.07 Å². The van der Waals surface area contributed by atoms with Crippen molar-refractivity contribution < 1.29 is 8.83 Å². The van der Waals surface area contributed by atoms with E-state index in [1.54, 1.807) is 24.9 Å². The summed E-state index contributed by atoms with van der Waals surface area (Å²) in [4.78, 5) is 13.7. The molecule has 1 aliphatic carbocycles. The van der Waals surface area contributed by atoms with Crippen molar-refractivity contribution in [2.24, 2.45) is 0 Å². The normalized spacial score (nSPS) is 12.4. The minimum absolute atomic E-state index is 0.370. The van der Waals surface area contributed by atoms with Crippen molar-refractivity contribution in [1.29, 1.82) is 0 Å². The Hall–Kier alpha value is -8.74. The Kier molecular flexibility index (Phi) is 9.72. The molecule has 6 heteroatoms. The Labute approximate surface area is 389 Å². The van der Waals surface area contributed by atoms with E-state index in [9.17, 15) is 0 Å². The summed E-state index contributed by atoms with van der Waals surface area (Å²) >= 11 is 0. The Morgan fingerprint density at radius 3 is 1.39 bits per heavy atom. The van der Waals surface area contributed by atoms with Crippen LogP contribution in [-0.4, -0.2) is 9.97 Å². The lowest BCUT2D eigenvalue weighted by Crippen LogP contribution is -2.18. The van der Waals surface area contributed by atoms with Gasteiger partial charge in [0.05, 0.1) is 18.1 Å². The van der Waals surface area contributed by atoms with Gasteiger partial charge in [0.25, 0.3) is 0 Å². The molecule has 0 bridgehead atoms. The highest BCUT2D eigenvalue weighted by Gasteiger charge is 2.38. The summed E-state index contributed by atoms with van der Waals surface area (Å²) in [5.74, 6) is 1.16. The zero-order valence-electron chi connectivity index (χ0n) is 37.0. The Bertz CT molecular complexity index is 3530.